The molecule has 7 heteroatoms. The van der Waals surface area contributed by atoms with Gasteiger partial charge in [-0.1, -0.05) is 19.8 Å². The van der Waals surface area contributed by atoms with E-state index in [-0.39, 0.29) is 12.1 Å². The van der Waals surface area contributed by atoms with Crippen molar-refractivity contribution < 1.29 is 5.11 Å². The molecule has 1 fully saturated rings. The van der Waals surface area contributed by atoms with Gasteiger partial charge in [0.25, 0.3) is 0 Å². The smallest absolute Gasteiger partial charge is 0.231 e. The van der Waals surface area contributed by atoms with E-state index in [4.69, 9.17) is 0 Å². The van der Waals surface area contributed by atoms with Gasteiger partial charge in [0.05, 0.1) is 12.1 Å². The molecule has 1 saturated carbocycles. The van der Waals surface area contributed by atoms with Crippen molar-refractivity contribution in [2.45, 2.75) is 51.2 Å². The van der Waals surface area contributed by atoms with Gasteiger partial charge in [0.15, 0.2) is 0 Å². The van der Waals surface area contributed by atoms with E-state index in [0.29, 0.717) is 17.8 Å². The molecule has 1 aromatic rings. The third-order valence-corrected chi connectivity index (χ3v) is 3.60. The standard InChI is InChI=1S/C14H26N6O/c1-4-9-15-12-17-13(19-14(18-12)20(2)3)16-10-7-5-6-8-11(10)21/h10-11,21H,4-9H2,1-3H3,(H2,15,16,17,18,19). The second kappa shape index (κ2) is 7.40. The monoisotopic (exact) mass is 294 g/mol. The molecule has 2 rings (SSSR count). The fraction of sp³-hybridized carbons (Fsp3) is 0.786. The molecular weight excluding hydrogens is 268 g/mol. The van der Waals surface area contributed by atoms with Crippen LogP contribution in [0.15, 0.2) is 0 Å². The second-order valence-corrected chi connectivity index (χ2v) is 5.71. The molecule has 0 radical (unpaired) electrons. The van der Waals surface area contributed by atoms with Crippen LogP contribution in [0.5, 0.6) is 0 Å². The Morgan fingerprint density at radius 2 is 1.86 bits per heavy atom. The highest BCUT2D eigenvalue weighted by molar-refractivity contribution is 5.43. The Labute approximate surface area is 126 Å². The number of aliphatic hydroxyl groups excluding tert-OH is 1. The quantitative estimate of drug-likeness (QED) is 0.732. The van der Waals surface area contributed by atoms with Gasteiger partial charge in [-0.3, -0.25) is 0 Å². The number of hydrogen-bond acceptors (Lipinski definition) is 7. The summed E-state index contributed by atoms with van der Waals surface area (Å²) in [6.07, 6.45) is 4.67. The molecule has 2 unspecified atom stereocenters. The lowest BCUT2D eigenvalue weighted by atomic mass is 9.93. The summed E-state index contributed by atoms with van der Waals surface area (Å²) in [5, 5.41) is 16.5. The number of nitrogens with one attached hydrogen (secondary N) is 2. The summed E-state index contributed by atoms with van der Waals surface area (Å²) in [6, 6.07) is 0.0233. The van der Waals surface area contributed by atoms with E-state index in [1.807, 2.05) is 19.0 Å². The number of anilines is 3. The molecule has 0 spiro atoms. The summed E-state index contributed by atoms with van der Waals surface area (Å²) in [5.74, 6) is 1.71. The summed E-state index contributed by atoms with van der Waals surface area (Å²) in [6.45, 7) is 2.92. The molecule has 2 atom stereocenters. The third-order valence-electron chi connectivity index (χ3n) is 3.60. The van der Waals surface area contributed by atoms with E-state index in [9.17, 15) is 5.11 Å². The average Bonchev–Trinajstić information content (AvgIpc) is 2.47. The minimum absolute atomic E-state index is 0.0233. The Morgan fingerprint density at radius 1 is 1.14 bits per heavy atom. The largest absolute Gasteiger partial charge is 0.391 e. The first-order chi connectivity index (χ1) is 10.1. The molecule has 1 aliphatic carbocycles. The Kier molecular flexibility index (Phi) is 5.55. The molecule has 0 amide bonds. The molecule has 0 saturated heterocycles. The van der Waals surface area contributed by atoms with E-state index in [0.717, 1.165) is 38.6 Å². The van der Waals surface area contributed by atoms with Crippen LogP contribution in [0.2, 0.25) is 0 Å². The summed E-state index contributed by atoms with van der Waals surface area (Å²) in [7, 11) is 3.80. The van der Waals surface area contributed by atoms with E-state index in [1.165, 1.54) is 0 Å². The van der Waals surface area contributed by atoms with Gasteiger partial charge in [-0.2, -0.15) is 15.0 Å². The maximum Gasteiger partial charge on any atom is 0.231 e. The van der Waals surface area contributed by atoms with Crippen LogP contribution in [-0.2, 0) is 0 Å². The van der Waals surface area contributed by atoms with E-state index in [1.54, 1.807) is 0 Å². The lowest BCUT2D eigenvalue weighted by Gasteiger charge is -2.28. The topological polar surface area (TPSA) is 86.2 Å². The third kappa shape index (κ3) is 4.42. The van der Waals surface area contributed by atoms with Crippen molar-refractivity contribution in [3.63, 3.8) is 0 Å². The first-order valence-electron chi connectivity index (χ1n) is 7.72. The Bertz CT molecular complexity index is 453. The van der Waals surface area contributed by atoms with Gasteiger partial charge in [-0.05, 0) is 19.3 Å². The van der Waals surface area contributed by atoms with Gasteiger partial charge in [-0.15, -0.1) is 0 Å². The fourth-order valence-corrected chi connectivity index (χ4v) is 2.39. The van der Waals surface area contributed by atoms with Gasteiger partial charge < -0.3 is 20.6 Å². The first-order valence-corrected chi connectivity index (χ1v) is 7.72. The number of aliphatic hydroxyl groups is 1. The summed E-state index contributed by atoms with van der Waals surface area (Å²) >= 11 is 0. The van der Waals surface area contributed by atoms with Gasteiger partial charge >= 0.3 is 0 Å². The van der Waals surface area contributed by atoms with Gasteiger partial charge in [0.2, 0.25) is 17.8 Å². The van der Waals surface area contributed by atoms with Crippen LogP contribution in [0.25, 0.3) is 0 Å². The highest BCUT2D eigenvalue weighted by Crippen LogP contribution is 2.22. The summed E-state index contributed by atoms with van der Waals surface area (Å²) < 4.78 is 0. The predicted molar refractivity (Wildman–Crippen MR) is 84.8 cm³/mol. The number of aromatic nitrogens is 3. The molecule has 3 N–H and O–H groups in total. The summed E-state index contributed by atoms with van der Waals surface area (Å²) in [4.78, 5) is 15.0. The molecule has 0 aromatic carbocycles. The Hall–Kier alpha value is -1.63. The first kappa shape index (κ1) is 15.8. The molecular formula is C14H26N6O. The van der Waals surface area contributed by atoms with Crippen molar-refractivity contribution in [1.29, 1.82) is 0 Å². The fourth-order valence-electron chi connectivity index (χ4n) is 2.39. The zero-order valence-electron chi connectivity index (χ0n) is 13.1. The maximum absolute atomic E-state index is 10.1. The van der Waals surface area contributed by atoms with Crippen molar-refractivity contribution in [1.82, 2.24) is 15.0 Å². The highest BCUT2D eigenvalue weighted by atomic mass is 16.3. The van der Waals surface area contributed by atoms with E-state index < -0.39 is 0 Å². The van der Waals surface area contributed by atoms with Crippen LogP contribution in [0.3, 0.4) is 0 Å². The molecule has 0 aliphatic heterocycles. The number of hydrogen-bond donors (Lipinski definition) is 3. The number of nitrogens with zero attached hydrogens (tertiary/aromatic N) is 4. The van der Waals surface area contributed by atoms with Gasteiger partial charge in [-0.25, -0.2) is 0 Å². The van der Waals surface area contributed by atoms with Gasteiger partial charge in [0, 0.05) is 20.6 Å². The minimum atomic E-state index is -0.328. The molecule has 0 bridgehead atoms. The zero-order valence-corrected chi connectivity index (χ0v) is 13.1. The Balaban J connectivity index is 2.14. The molecule has 7 nitrogen and oxygen atoms in total. The molecule has 1 aromatic heterocycles. The van der Waals surface area contributed by atoms with E-state index >= 15 is 0 Å². The SMILES string of the molecule is CCCNc1nc(NC2CCCCC2O)nc(N(C)C)n1. The maximum atomic E-state index is 10.1. The Morgan fingerprint density at radius 3 is 2.52 bits per heavy atom. The molecule has 1 heterocycles. The number of rotatable bonds is 6. The van der Waals surface area contributed by atoms with Crippen LogP contribution >= 0.6 is 0 Å². The second-order valence-electron chi connectivity index (χ2n) is 5.71. The van der Waals surface area contributed by atoms with Crippen molar-refractivity contribution in [3.8, 4) is 0 Å². The van der Waals surface area contributed by atoms with Crippen LogP contribution in [0.4, 0.5) is 17.8 Å². The lowest BCUT2D eigenvalue weighted by molar-refractivity contribution is 0.116. The van der Waals surface area contributed by atoms with Crippen molar-refractivity contribution in [2.24, 2.45) is 0 Å². The molecule has 21 heavy (non-hydrogen) atoms. The van der Waals surface area contributed by atoms with Crippen LogP contribution in [0.1, 0.15) is 39.0 Å². The molecule has 118 valence electrons. The van der Waals surface area contributed by atoms with Crippen LogP contribution in [-0.4, -0.2) is 52.8 Å². The van der Waals surface area contributed by atoms with Crippen molar-refractivity contribution >= 4 is 17.8 Å². The van der Waals surface area contributed by atoms with Crippen LogP contribution < -0.4 is 15.5 Å². The predicted octanol–water partition coefficient (Wildman–Crippen LogP) is 1.47. The average molecular weight is 294 g/mol. The highest BCUT2D eigenvalue weighted by Gasteiger charge is 2.24. The van der Waals surface area contributed by atoms with Crippen molar-refractivity contribution in [2.75, 3.05) is 36.2 Å². The normalized spacial score (nSPS) is 21.9. The molecule has 1 aliphatic rings. The van der Waals surface area contributed by atoms with E-state index in [2.05, 4.69) is 32.5 Å². The van der Waals surface area contributed by atoms with Gasteiger partial charge in [0.1, 0.15) is 0 Å². The zero-order chi connectivity index (χ0) is 15.2. The van der Waals surface area contributed by atoms with Crippen LogP contribution in [0, 0.1) is 0 Å². The lowest BCUT2D eigenvalue weighted by Crippen LogP contribution is -2.37. The van der Waals surface area contributed by atoms with Crippen molar-refractivity contribution in [3.05, 3.63) is 0 Å². The summed E-state index contributed by atoms with van der Waals surface area (Å²) in [5.41, 5.74) is 0. The minimum Gasteiger partial charge on any atom is -0.391 e.